The van der Waals surface area contributed by atoms with E-state index in [4.69, 9.17) is 0 Å². The van der Waals surface area contributed by atoms with Gasteiger partial charge in [-0.1, -0.05) is 13.0 Å². The largest absolute Gasteiger partial charge is 0.206 e. The molecule has 1 heteroatoms. The molecule has 0 aromatic heterocycles. The van der Waals surface area contributed by atoms with Crippen molar-refractivity contribution in [1.29, 1.82) is 0 Å². The standard InChI is InChI=1S/C11H15F/c1-5-10-7(2)6-8(3)11(12)9(10)4/h6H,5H2,1-4H3. The smallest absolute Gasteiger partial charge is 0.129 e. The van der Waals surface area contributed by atoms with Gasteiger partial charge in [-0.2, -0.15) is 0 Å². The monoisotopic (exact) mass is 166 g/mol. The van der Waals surface area contributed by atoms with Crippen molar-refractivity contribution in [3.05, 3.63) is 34.1 Å². The van der Waals surface area contributed by atoms with E-state index < -0.39 is 0 Å². The minimum Gasteiger partial charge on any atom is -0.206 e. The lowest BCUT2D eigenvalue weighted by Gasteiger charge is -2.10. The van der Waals surface area contributed by atoms with Crippen molar-refractivity contribution in [2.45, 2.75) is 34.1 Å². The Hall–Kier alpha value is -0.850. The number of rotatable bonds is 1. The minimum atomic E-state index is -0.0440. The Morgan fingerprint density at radius 2 is 1.75 bits per heavy atom. The minimum absolute atomic E-state index is 0.0440. The van der Waals surface area contributed by atoms with Crippen LogP contribution in [0.2, 0.25) is 0 Å². The highest BCUT2D eigenvalue weighted by Gasteiger charge is 2.08. The summed E-state index contributed by atoms with van der Waals surface area (Å²) in [6.07, 6.45) is 0.912. The molecule has 0 aliphatic carbocycles. The van der Waals surface area contributed by atoms with Gasteiger partial charge >= 0.3 is 0 Å². The molecule has 0 unspecified atom stereocenters. The summed E-state index contributed by atoms with van der Waals surface area (Å²) < 4.78 is 13.4. The van der Waals surface area contributed by atoms with Crippen LogP contribution in [0.4, 0.5) is 4.39 Å². The van der Waals surface area contributed by atoms with E-state index in [2.05, 4.69) is 6.92 Å². The van der Waals surface area contributed by atoms with Gasteiger partial charge in [-0.15, -0.1) is 0 Å². The van der Waals surface area contributed by atoms with Crippen LogP contribution in [0.25, 0.3) is 0 Å². The molecular formula is C11H15F. The molecule has 0 radical (unpaired) electrons. The first-order valence-electron chi connectivity index (χ1n) is 4.33. The fraction of sp³-hybridized carbons (Fsp3) is 0.455. The summed E-state index contributed by atoms with van der Waals surface area (Å²) in [4.78, 5) is 0. The van der Waals surface area contributed by atoms with E-state index in [1.807, 2.05) is 26.8 Å². The number of aryl methyl sites for hydroxylation is 2. The van der Waals surface area contributed by atoms with Gasteiger partial charge in [0.05, 0.1) is 0 Å². The molecule has 12 heavy (non-hydrogen) atoms. The van der Waals surface area contributed by atoms with Gasteiger partial charge in [-0.05, 0) is 49.4 Å². The third kappa shape index (κ3) is 1.36. The molecular weight excluding hydrogens is 151 g/mol. The second-order valence-electron chi connectivity index (χ2n) is 3.28. The summed E-state index contributed by atoms with van der Waals surface area (Å²) in [6, 6.07) is 1.92. The molecule has 1 rings (SSSR count). The Balaban J connectivity index is 3.40. The maximum Gasteiger partial charge on any atom is 0.129 e. The molecule has 0 saturated carbocycles. The Bertz CT molecular complexity index is 300. The number of hydrogen-bond donors (Lipinski definition) is 0. The van der Waals surface area contributed by atoms with E-state index in [-0.39, 0.29) is 5.82 Å². The first-order valence-corrected chi connectivity index (χ1v) is 4.33. The highest BCUT2D eigenvalue weighted by atomic mass is 19.1. The van der Waals surface area contributed by atoms with E-state index in [1.165, 1.54) is 5.56 Å². The summed E-state index contributed by atoms with van der Waals surface area (Å²) in [6.45, 7) is 7.77. The fourth-order valence-corrected chi connectivity index (χ4v) is 1.74. The highest BCUT2D eigenvalue weighted by molar-refractivity contribution is 5.38. The highest BCUT2D eigenvalue weighted by Crippen LogP contribution is 2.20. The van der Waals surface area contributed by atoms with Crippen molar-refractivity contribution >= 4 is 0 Å². The van der Waals surface area contributed by atoms with Gasteiger partial charge in [0.25, 0.3) is 0 Å². The molecule has 0 nitrogen and oxygen atoms in total. The maximum absolute atomic E-state index is 13.4. The van der Waals surface area contributed by atoms with Crippen molar-refractivity contribution in [3.63, 3.8) is 0 Å². The Morgan fingerprint density at radius 1 is 1.17 bits per heavy atom. The van der Waals surface area contributed by atoms with E-state index in [0.717, 1.165) is 23.1 Å². The van der Waals surface area contributed by atoms with Crippen LogP contribution in [0.3, 0.4) is 0 Å². The van der Waals surface area contributed by atoms with Gasteiger partial charge in [0.1, 0.15) is 5.82 Å². The topological polar surface area (TPSA) is 0 Å². The summed E-state index contributed by atoms with van der Waals surface area (Å²) in [7, 11) is 0. The normalized spacial score (nSPS) is 10.4. The van der Waals surface area contributed by atoms with Crippen LogP contribution in [-0.2, 0) is 6.42 Å². The van der Waals surface area contributed by atoms with E-state index in [0.29, 0.717) is 0 Å². The van der Waals surface area contributed by atoms with Crippen LogP contribution in [0.1, 0.15) is 29.2 Å². The van der Waals surface area contributed by atoms with Crippen molar-refractivity contribution < 1.29 is 4.39 Å². The van der Waals surface area contributed by atoms with Gasteiger partial charge < -0.3 is 0 Å². The van der Waals surface area contributed by atoms with Crippen LogP contribution in [0.5, 0.6) is 0 Å². The lowest BCUT2D eigenvalue weighted by Crippen LogP contribution is -1.97. The average Bonchev–Trinajstić information content (AvgIpc) is 2.01. The third-order valence-corrected chi connectivity index (χ3v) is 2.39. The molecule has 1 aromatic rings. The molecule has 0 heterocycles. The predicted molar refractivity (Wildman–Crippen MR) is 50.0 cm³/mol. The zero-order chi connectivity index (χ0) is 9.30. The van der Waals surface area contributed by atoms with Gasteiger partial charge in [-0.25, -0.2) is 4.39 Å². The van der Waals surface area contributed by atoms with Crippen LogP contribution in [-0.4, -0.2) is 0 Å². The lowest BCUT2D eigenvalue weighted by atomic mass is 9.97. The lowest BCUT2D eigenvalue weighted by molar-refractivity contribution is 0.605. The third-order valence-electron chi connectivity index (χ3n) is 2.39. The molecule has 0 bridgehead atoms. The Labute approximate surface area is 73.4 Å². The zero-order valence-electron chi connectivity index (χ0n) is 8.16. The summed E-state index contributed by atoms with van der Waals surface area (Å²) in [5.74, 6) is -0.0440. The van der Waals surface area contributed by atoms with Gasteiger partial charge in [0.15, 0.2) is 0 Å². The number of benzene rings is 1. The first kappa shape index (κ1) is 9.24. The molecule has 0 N–H and O–H groups in total. The first-order chi connectivity index (χ1) is 5.57. The quantitative estimate of drug-likeness (QED) is 0.600. The van der Waals surface area contributed by atoms with E-state index >= 15 is 0 Å². The van der Waals surface area contributed by atoms with Crippen molar-refractivity contribution in [2.24, 2.45) is 0 Å². The van der Waals surface area contributed by atoms with Crippen molar-refractivity contribution in [3.8, 4) is 0 Å². The Kier molecular flexibility index (Phi) is 2.51. The number of hydrogen-bond acceptors (Lipinski definition) is 0. The second kappa shape index (κ2) is 3.26. The van der Waals surface area contributed by atoms with Crippen molar-refractivity contribution in [1.82, 2.24) is 0 Å². The van der Waals surface area contributed by atoms with Crippen LogP contribution >= 0.6 is 0 Å². The zero-order valence-corrected chi connectivity index (χ0v) is 8.16. The van der Waals surface area contributed by atoms with E-state index in [9.17, 15) is 4.39 Å². The van der Waals surface area contributed by atoms with Gasteiger partial charge in [-0.3, -0.25) is 0 Å². The Morgan fingerprint density at radius 3 is 2.25 bits per heavy atom. The number of halogens is 1. The van der Waals surface area contributed by atoms with Crippen LogP contribution in [0.15, 0.2) is 6.07 Å². The average molecular weight is 166 g/mol. The maximum atomic E-state index is 13.4. The molecule has 0 aliphatic heterocycles. The summed E-state index contributed by atoms with van der Waals surface area (Å²) in [5, 5.41) is 0. The fourth-order valence-electron chi connectivity index (χ4n) is 1.74. The van der Waals surface area contributed by atoms with Gasteiger partial charge in [0, 0.05) is 0 Å². The van der Waals surface area contributed by atoms with Gasteiger partial charge in [0.2, 0.25) is 0 Å². The SMILES string of the molecule is CCc1c(C)cc(C)c(F)c1C. The summed E-state index contributed by atoms with van der Waals surface area (Å²) in [5.41, 5.74) is 3.92. The molecule has 0 spiro atoms. The summed E-state index contributed by atoms with van der Waals surface area (Å²) >= 11 is 0. The molecule has 66 valence electrons. The van der Waals surface area contributed by atoms with E-state index in [1.54, 1.807) is 0 Å². The second-order valence-corrected chi connectivity index (χ2v) is 3.28. The molecule has 0 saturated heterocycles. The molecule has 0 aliphatic rings. The molecule has 0 atom stereocenters. The molecule has 1 aromatic carbocycles. The van der Waals surface area contributed by atoms with Crippen LogP contribution < -0.4 is 0 Å². The molecule has 0 amide bonds. The van der Waals surface area contributed by atoms with Crippen molar-refractivity contribution in [2.75, 3.05) is 0 Å². The predicted octanol–water partition coefficient (Wildman–Crippen LogP) is 3.31. The van der Waals surface area contributed by atoms with Crippen LogP contribution in [0, 0.1) is 26.6 Å². The molecule has 0 fully saturated rings.